The zero-order valence-electron chi connectivity index (χ0n) is 8.90. The van der Waals surface area contributed by atoms with Crippen LogP contribution in [0.5, 0.6) is 0 Å². The molecule has 3 N–H and O–H groups in total. The Labute approximate surface area is 92.3 Å². The summed E-state index contributed by atoms with van der Waals surface area (Å²) in [6.45, 7) is 0. The van der Waals surface area contributed by atoms with Gasteiger partial charge in [0.2, 0.25) is 5.91 Å². The first kappa shape index (κ1) is 9.35. The number of anilines is 1. The average molecular weight is 216 g/mol. The Balaban J connectivity index is 2.35. The van der Waals surface area contributed by atoms with Gasteiger partial charge in [-0.1, -0.05) is 0 Å². The number of pyridine rings is 1. The van der Waals surface area contributed by atoms with E-state index in [1.54, 1.807) is 18.1 Å². The monoisotopic (exact) mass is 216 g/mol. The molecule has 1 aliphatic rings. The summed E-state index contributed by atoms with van der Waals surface area (Å²) in [7, 11) is 1.75. The van der Waals surface area contributed by atoms with E-state index in [9.17, 15) is 4.79 Å². The Morgan fingerprint density at radius 1 is 1.62 bits per heavy atom. The topological polar surface area (TPSA) is 75.0 Å². The van der Waals surface area contributed by atoms with Gasteiger partial charge in [-0.3, -0.25) is 4.79 Å². The minimum Gasteiger partial charge on any atom is -0.346 e. The molecule has 1 amide bonds. The first-order chi connectivity index (χ1) is 7.68. The summed E-state index contributed by atoms with van der Waals surface area (Å²) in [6, 6.07) is 1.37. The molecule has 0 aromatic carbocycles. The number of amides is 1. The van der Waals surface area contributed by atoms with Crippen molar-refractivity contribution in [2.75, 3.05) is 11.9 Å². The second kappa shape index (κ2) is 3.05. The fraction of sp³-hybridized carbons (Fsp3) is 0.273. The second-order valence-corrected chi connectivity index (χ2v) is 4.08. The number of carbonyl (C=O) groups excluding carboxylic acids is 1. The maximum Gasteiger partial charge on any atom is 0.243 e. The lowest BCUT2D eigenvalue weighted by Crippen LogP contribution is -2.41. The molecule has 0 radical (unpaired) electrons. The average Bonchev–Trinajstić information content (AvgIpc) is 2.66. The number of H-pyrrole nitrogens is 1. The van der Waals surface area contributed by atoms with Crippen molar-refractivity contribution in [3.8, 4) is 0 Å². The Morgan fingerprint density at radius 2 is 2.44 bits per heavy atom. The number of nitrogens with zero attached hydrogens (tertiary/aromatic N) is 2. The van der Waals surface area contributed by atoms with Crippen LogP contribution in [0, 0.1) is 0 Å². The Morgan fingerprint density at radius 3 is 3.25 bits per heavy atom. The highest BCUT2D eigenvalue weighted by atomic mass is 16.2. The third-order valence-corrected chi connectivity index (χ3v) is 3.08. The van der Waals surface area contributed by atoms with Crippen LogP contribution in [0.15, 0.2) is 18.5 Å². The predicted octanol–water partition coefficient (Wildman–Crippen LogP) is 0.409. The Hall–Kier alpha value is -1.88. The first-order valence-electron chi connectivity index (χ1n) is 5.16. The van der Waals surface area contributed by atoms with Gasteiger partial charge in [-0.05, 0) is 18.1 Å². The van der Waals surface area contributed by atoms with Crippen molar-refractivity contribution >= 4 is 22.6 Å². The van der Waals surface area contributed by atoms with E-state index in [2.05, 4.69) is 9.97 Å². The largest absolute Gasteiger partial charge is 0.346 e. The summed E-state index contributed by atoms with van der Waals surface area (Å²) < 4.78 is 0. The van der Waals surface area contributed by atoms with Gasteiger partial charge in [0.25, 0.3) is 0 Å². The van der Waals surface area contributed by atoms with Gasteiger partial charge in [0.05, 0.1) is 11.7 Å². The van der Waals surface area contributed by atoms with Gasteiger partial charge < -0.3 is 15.6 Å². The number of likely N-dealkylation sites (N-methyl/N-ethyl adjacent to an activating group) is 1. The number of nitrogens with two attached hydrogens (primary N) is 1. The minimum absolute atomic E-state index is 0.0521. The SMILES string of the molecule is CN1C(=O)[C@@H](N)Cc2c[nH]c3nccc1c23. The molecule has 2 aromatic heterocycles. The summed E-state index contributed by atoms with van der Waals surface area (Å²) in [5, 5.41) is 1.01. The smallest absolute Gasteiger partial charge is 0.243 e. The zero-order valence-corrected chi connectivity index (χ0v) is 8.90. The summed E-state index contributed by atoms with van der Waals surface area (Å²) in [4.78, 5) is 20.9. The van der Waals surface area contributed by atoms with Gasteiger partial charge >= 0.3 is 0 Å². The lowest BCUT2D eigenvalue weighted by Gasteiger charge is -2.18. The fourth-order valence-electron chi connectivity index (χ4n) is 2.24. The minimum atomic E-state index is -0.476. The van der Waals surface area contributed by atoms with Crippen LogP contribution < -0.4 is 10.6 Å². The Kier molecular flexibility index (Phi) is 1.79. The molecule has 5 nitrogen and oxygen atoms in total. The maximum absolute atomic E-state index is 11.9. The van der Waals surface area contributed by atoms with Crippen LogP contribution in [0.2, 0.25) is 0 Å². The molecule has 2 aromatic rings. The zero-order chi connectivity index (χ0) is 11.3. The van der Waals surface area contributed by atoms with Gasteiger partial charge in [-0.2, -0.15) is 0 Å². The highest BCUT2D eigenvalue weighted by Gasteiger charge is 2.27. The molecule has 0 spiro atoms. The number of aromatic amines is 1. The molecule has 82 valence electrons. The van der Waals surface area contributed by atoms with Crippen molar-refractivity contribution in [3.05, 3.63) is 24.0 Å². The standard InChI is InChI=1S/C11H12N4O/c1-15-8-2-3-13-10-9(8)6(5-14-10)4-7(12)11(15)16/h2-3,5,7H,4,12H2,1H3,(H,13,14)/t7-/m0/s1. The van der Waals surface area contributed by atoms with Crippen molar-refractivity contribution in [2.24, 2.45) is 5.73 Å². The number of carbonyl (C=O) groups is 1. The molecule has 1 aliphatic heterocycles. The molecule has 0 bridgehead atoms. The molecule has 3 heterocycles. The number of hydrogen-bond donors (Lipinski definition) is 2. The molecule has 0 aliphatic carbocycles. The van der Waals surface area contributed by atoms with Crippen LogP contribution in [0.4, 0.5) is 5.69 Å². The lowest BCUT2D eigenvalue weighted by atomic mass is 10.1. The van der Waals surface area contributed by atoms with Crippen LogP contribution in [0.1, 0.15) is 5.56 Å². The molecule has 0 saturated carbocycles. The van der Waals surface area contributed by atoms with Crippen LogP contribution in [0.25, 0.3) is 11.0 Å². The van der Waals surface area contributed by atoms with Crippen molar-refractivity contribution < 1.29 is 4.79 Å². The Bertz CT molecular complexity index is 574. The highest BCUT2D eigenvalue weighted by Crippen LogP contribution is 2.31. The first-order valence-corrected chi connectivity index (χ1v) is 5.16. The number of aromatic nitrogens is 2. The van der Waals surface area contributed by atoms with E-state index in [-0.39, 0.29) is 5.91 Å². The molecule has 0 saturated heterocycles. The molecule has 0 fully saturated rings. The van der Waals surface area contributed by atoms with Gasteiger partial charge in [-0.15, -0.1) is 0 Å². The van der Waals surface area contributed by atoms with Crippen molar-refractivity contribution in [3.63, 3.8) is 0 Å². The molecule has 3 rings (SSSR count). The summed E-state index contributed by atoms with van der Waals surface area (Å²) in [5.74, 6) is -0.0521. The number of nitrogens with one attached hydrogen (secondary N) is 1. The summed E-state index contributed by atoms with van der Waals surface area (Å²) >= 11 is 0. The van der Waals surface area contributed by atoms with Gasteiger partial charge in [0.15, 0.2) is 0 Å². The third-order valence-electron chi connectivity index (χ3n) is 3.08. The summed E-state index contributed by atoms with van der Waals surface area (Å²) in [6.07, 6.45) is 4.13. The summed E-state index contributed by atoms with van der Waals surface area (Å²) in [5.41, 5.74) is 8.60. The van der Waals surface area contributed by atoms with Crippen LogP contribution in [0.3, 0.4) is 0 Å². The van der Waals surface area contributed by atoms with E-state index in [4.69, 9.17) is 5.73 Å². The van der Waals surface area contributed by atoms with E-state index in [0.29, 0.717) is 6.42 Å². The van der Waals surface area contributed by atoms with E-state index in [0.717, 1.165) is 22.3 Å². The molecular formula is C11H12N4O. The van der Waals surface area contributed by atoms with E-state index in [1.165, 1.54) is 0 Å². The van der Waals surface area contributed by atoms with Gasteiger partial charge in [0.1, 0.15) is 5.65 Å². The van der Waals surface area contributed by atoms with Crippen LogP contribution >= 0.6 is 0 Å². The van der Waals surface area contributed by atoms with Crippen molar-refractivity contribution in [1.29, 1.82) is 0 Å². The highest BCUT2D eigenvalue weighted by molar-refractivity contribution is 6.06. The quantitative estimate of drug-likeness (QED) is 0.669. The molecule has 16 heavy (non-hydrogen) atoms. The van der Waals surface area contributed by atoms with Crippen molar-refractivity contribution in [1.82, 2.24) is 9.97 Å². The van der Waals surface area contributed by atoms with Gasteiger partial charge in [-0.25, -0.2) is 4.98 Å². The molecule has 0 unspecified atom stereocenters. The van der Waals surface area contributed by atoms with Crippen molar-refractivity contribution in [2.45, 2.75) is 12.5 Å². The molecule has 5 heteroatoms. The fourth-order valence-corrected chi connectivity index (χ4v) is 2.24. The second-order valence-electron chi connectivity index (χ2n) is 4.08. The molecule has 1 atom stereocenters. The number of rotatable bonds is 0. The molecular weight excluding hydrogens is 204 g/mol. The van der Waals surface area contributed by atoms with E-state index < -0.39 is 6.04 Å². The maximum atomic E-state index is 11.9. The van der Waals surface area contributed by atoms with E-state index >= 15 is 0 Å². The lowest BCUT2D eigenvalue weighted by molar-refractivity contribution is -0.119. The van der Waals surface area contributed by atoms with Crippen LogP contribution in [-0.4, -0.2) is 29.0 Å². The number of hydrogen-bond acceptors (Lipinski definition) is 3. The van der Waals surface area contributed by atoms with Gasteiger partial charge in [0, 0.05) is 24.8 Å². The van der Waals surface area contributed by atoms with Crippen LogP contribution in [-0.2, 0) is 11.2 Å². The van der Waals surface area contributed by atoms with E-state index in [1.807, 2.05) is 12.3 Å². The predicted molar refractivity (Wildman–Crippen MR) is 61.2 cm³/mol. The normalized spacial score (nSPS) is 20.2. The third kappa shape index (κ3) is 1.09.